The van der Waals surface area contributed by atoms with Gasteiger partial charge in [-0.1, -0.05) is 30.3 Å². The predicted octanol–water partition coefficient (Wildman–Crippen LogP) is 1.04. The number of rotatable bonds is 8. The van der Waals surface area contributed by atoms with Gasteiger partial charge in [-0.3, -0.25) is 9.13 Å². The Morgan fingerprint density at radius 2 is 1.64 bits per heavy atom. The van der Waals surface area contributed by atoms with E-state index in [-0.39, 0.29) is 19.6 Å². The number of ether oxygens (including phenoxy) is 1. The van der Waals surface area contributed by atoms with Crippen LogP contribution in [-0.4, -0.2) is 54.3 Å². The molecule has 0 aliphatic carbocycles. The highest BCUT2D eigenvalue weighted by molar-refractivity contribution is 7.72. The van der Waals surface area contributed by atoms with Gasteiger partial charge in [0.1, 0.15) is 6.61 Å². The van der Waals surface area contributed by atoms with Crippen molar-refractivity contribution in [2.24, 2.45) is 0 Å². The molecular formula is C13H21NO9P2. The average Bonchev–Trinajstić information content (AvgIpc) is 2.51. The highest BCUT2D eigenvalue weighted by Gasteiger charge is 2.58. The fraction of sp³-hybridized carbons (Fsp3) is 0.462. The van der Waals surface area contributed by atoms with Crippen LogP contribution in [0.25, 0.3) is 0 Å². The molecule has 1 amide bonds. The van der Waals surface area contributed by atoms with Gasteiger partial charge in [-0.25, -0.2) is 4.79 Å². The van der Waals surface area contributed by atoms with Crippen LogP contribution in [0.4, 0.5) is 4.79 Å². The van der Waals surface area contributed by atoms with Crippen molar-refractivity contribution in [2.45, 2.75) is 24.5 Å². The molecule has 0 saturated heterocycles. The number of aliphatic hydroxyl groups is 1. The number of hydrogen-bond acceptors (Lipinski definition) is 5. The van der Waals surface area contributed by atoms with Gasteiger partial charge in [0.05, 0.1) is 0 Å². The monoisotopic (exact) mass is 397 g/mol. The Morgan fingerprint density at radius 3 is 2.12 bits per heavy atom. The summed E-state index contributed by atoms with van der Waals surface area (Å²) >= 11 is 0. The minimum Gasteiger partial charge on any atom is -0.445 e. The number of carbonyl (C=O) groups excluding carboxylic acids is 1. The highest BCUT2D eigenvalue weighted by atomic mass is 31.2. The van der Waals surface area contributed by atoms with Crippen LogP contribution in [0.3, 0.4) is 0 Å². The van der Waals surface area contributed by atoms with E-state index < -0.39 is 32.8 Å². The first-order valence-electron chi connectivity index (χ1n) is 7.14. The van der Waals surface area contributed by atoms with Crippen molar-refractivity contribution in [3.63, 3.8) is 0 Å². The summed E-state index contributed by atoms with van der Waals surface area (Å²) in [7, 11) is -9.63. The molecule has 0 aromatic heterocycles. The van der Waals surface area contributed by atoms with Gasteiger partial charge in [0.2, 0.25) is 0 Å². The Kier molecular flexibility index (Phi) is 7.34. The van der Waals surface area contributed by atoms with Crippen LogP contribution < -0.4 is 0 Å². The fourth-order valence-corrected chi connectivity index (χ4v) is 4.19. The number of amides is 1. The number of benzene rings is 1. The van der Waals surface area contributed by atoms with Crippen LogP contribution in [0.5, 0.6) is 0 Å². The molecule has 0 bridgehead atoms. The third-order valence-corrected chi connectivity index (χ3v) is 7.33. The van der Waals surface area contributed by atoms with Gasteiger partial charge in [0.25, 0.3) is 5.08 Å². The standard InChI is InChI=1S/C13H21NO9P2/c1-14(12(15)23-10-11-6-3-2-4-7-11)9-5-8-13(16,24(17,18)19)25(20,21)22/h2-4,6-7,16H,5,8-10H2,1H3,(H2,17,18,19)(H2,20,21,22). The fourth-order valence-electron chi connectivity index (χ4n) is 1.94. The van der Waals surface area contributed by atoms with E-state index in [4.69, 9.17) is 24.3 Å². The van der Waals surface area contributed by atoms with Gasteiger partial charge in [0, 0.05) is 20.0 Å². The summed E-state index contributed by atoms with van der Waals surface area (Å²) in [5.41, 5.74) is 0.765. The normalized spacial score (nSPS) is 12.7. The van der Waals surface area contributed by atoms with E-state index in [1.807, 2.05) is 0 Å². The van der Waals surface area contributed by atoms with Crippen molar-refractivity contribution < 1.29 is 43.3 Å². The second kappa shape index (κ2) is 8.42. The van der Waals surface area contributed by atoms with E-state index >= 15 is 0 Å². The molecule has 1 rings (SSSR count). The second-order valence-electron chi connectivity index (χ2n) is 5.43. The van der Waals surface area contributed by atoms with Crippen LogP contribution in [0.1, 0.15) is 18.4 Å². The van der Waals surface area contributed by atoms with Gasteiger partial charge in [-0.05, 0) is 12.0 Å². The average molecular weight is 397 g/mol. The van der Waals surface area contributed by atoms with E-state index in [1.54, 1.807) is 30.3 Å². The molecule has 142 valence electrons. The van der Waals surface area contributed by atoms with Crippen LogP contribution in [-0.2, 0) is 20.5 Å². The van der Waals surface area contributed by atoms with Gasteiger partial charge < -0.3 is 34.3 Å². The van der Waals surface area contributed by atoms with E-state index in [0.717, 1.165) is 10.5 Å². The molecule has 0 aliphatic rings. The molecular weight excluding hydrogens is 376 g/mol. The Bertz CT molecular complexity index is 647. The lowest BCUT2D eigenvalue weighted by Gasteiger charge is -2.29. The van der Waals surface area contributed by atoms with Crippen LogP contribution in [0.2, 0.25) is 0 Å². The maximum Gasteiger partial charge on any atom is 0.409 e. The van der Waals surface area contributed by atoms with Crippen molar-refractivity contribution >= 4 is 21.3 Å². The minimum absolute atomic E-state index is 0.0267. The van der Waals surface area contributed by atoms with Crippen molar-refractivity contribution in [3.05, 3.63) is 35.9 Å². The molecule has 0 radical (unpaired) electrons. The van der Waals surface area contributed by atoms with E-state index in [1.165, 1.54) is 7.05 Å². The Labute approximate surface area is 144 Å². The topological polar surface area (TPSA) is 165 Å². The molecule has 0 fully saturated rings. The van der Waals surface area contributed by atoms with Gasteiger partial charge >= 0.3 is 21.3 Å². The molecule has 5 N–H and O–H groups in total. The Hall–Kier alpha value is -1.25. The summed E-state index contributed by atoms with van der Waals surface area (Å²) in [5.74, 6) is 0. The third-order valence-electron chi connectivity index (χ3n) is 3.46. The molecule has 1 aromatic rings. The van der Waals surface area contributed by atoms with E-state index in [0.29, 0.717) is 0 Å². The summed E-state index contributed by atoms with van der Waals surface area (Å²) in [6.07, 6.45) is -1.87. The van der Waals surface area contributed by atoms with Gasteiger partial charge in [0.15, 0.2) is 0 Å². The number of nitrogens with zero attached hydrogens (tertiary/aromatic N) is 1. The SMILES string of the molecule is CN(CCCC(O)(P(=O)(O)O)P(=O)(O)O)C(=O)OCc1ccccc1. The molecule has 1 aromatic carbocycles. The van der Waals surface area contributed by atoms with Crippen LogP contribution >= 0.6 is 15.2 Å². The molecule has 12 heteroatoms. The molecule has 0 aliphatic heterocycles. The lowest BCUT2D eigenvalue weighted by molar-refractivity contribution is 0.0973. The van der Waals surface area contributed by atoms with Crippen molar-refractivity contribution in [2.75, 3.05) is 13.6 Å². The first-order chi connectivity index (χ1) is 11.4. The second-order valence-corrected chi connectivity index (χ2v) is 9.44. The molecule has 0 saturated carbocycles. The van der Waals surface area contributed by atoms with Crippen molar-refractivity contribution in [3.8, 4) is 0 Å². The quantitative estimate of drug-likeness (QED) is 0.403. The third kappa shape index (κ3) is 5.90. The summed E-state index contributed by atoms with van der Waals surface area (Å²) < 4.78 is 27.5. The first-order valence-corrected chi connectivity index (χ1v) is 10.4. The predicted molar refractivity (Wildman–Crippen MR) is 87.5 cm³/mol. The maximum atomic E-state index is 11.8. The molecule has 0 spiro atoms. The Morgan fingerprint density at radius 1 is 1.12 bits per heavy atom. The lowest BCUT2D eigenvalue weighted by atomic mass is 10.2. The van der Waals surface area contributed by atoms with Crippen molar-refractivity contribution in [1.29, 1.82) is 0 Å². The zero-order valence-electron chi connectivity index (χ0n) is 13.4. The minimum atomic E-state index is -5.49. The summed E-state index contributed by atoms with van der Waals surface area (Å²) in [6.45, 7) is -0.102. The van der Waals surface area contributed by atoms with Gasteiger partial charge in [-0.15, -0.1) is 0 Å². The Balaban J connectivity index is 2.55. The first kappa shape index (κ1) is 21.8. The highest BCUT2D eigenvalue weighted by Crippen LogP contribution is 2.69. The zero-order valence-corrected chi connectivity index (χ0v) is 15.2. The zero-order chi connectivity index (χ0) is 19.3. The summed E-state index contributed by atoms with van der Waals surface area (Å²) in [5, 5.41) is 6.25. The van der Waals surface area contributed by atoms with E-state index in [9.17, 15) is 19.0 Å². The van der Waals surface area contributed by atoms with Gasteiger partial charge in [-0.2, -0.15) is 0 Å². The molecule has 10 nitrogen and oxygen atoms in total. The smallest absolute Gasteiger partial charge is 0.409 e. The van der Waals surface area contributed by atoms with Crippen LogP contribution in [0, 0.1) is 0 Å². The summed E-state index contributed by atoms with van der Waals surface area (Å²) in [6, 6.07) is 8.87. The van der Waals surface area contributed by atoms with Crippen LogP contribution in [0.15, 0.2) is 30.3 Å². The molecule has 0 heterocycles. The summed E-state index contributed by atoms with van der Waals surface area (Å²) in [4.78, 5) is 49.0. The molecule has 0 atom stereocenters. The van der Waals surface area contributed by atoms with E-state index in [2.05, 4.69) is 0 Å². The maximum absolute atomic E-state index is 11.8. The molecule has 0 unspecified atom stereocenters. The number of carbonyl (C=O) groups is 1. The lowest BCUT2D eigenvalue weighted by Crippen LogP contribution is -2.32. The van der Waals surface area contributed by atoms with Crippen molar-refractivity contribution in [1.82, 2.24) is 4.90 Å². The number of hydrogen-bond donors (Lipinski definition) is 5. The molecule has 25 heavy (non-hydrogen) atoms. The largest absolute Gasteiger partial charge is 0.445 e.